The third-order valence-corrected chi connectivity index (χ3v) is 3.38. The highest BCUT2D eigenvalue weighted by Gasteiger charge is 2.32. The third kappa shape index (κ3) is 2.95. The second kappa shape index (κ2) is 5.64. The van der Waals surface area contributed by atoms with Crippen LogP contribution >= 0.6 is 0 Å². The van der Waals surface area contributed by atoms with Crippen molar-refractivity contribution < 1.29 is 14.6 Å². The van der Waals surface area contributed by atoms with Crippen LogP contribution in [0.25, 0.3) is 0 Å². The van der Waals surface area contributed by atoms with Crippen molar-refractivity contribution in [2.75, 3.05) is 19.8 Å². The number of rotatable bonds is 3. The summed E-state index contributed by atoms with van der Waals surface area (Å²) in [5.41, 5.74) is 0. The molecular weight excluding hydrogens is 206 g/mol. The molecule has 0 spiro atoms. The maximum Gasteiger partial charge on any atom is 0.226 e. The first-order valence-electron chi connectivity index (χ1n) is 6.00. The molecule has 94 valence electrons. The number of hydrogen-bond donors (Lipinski definition) is 1. The predicted octanol–water partition coefficient (Wildman–Crippen LogP) is 0.887. The number of aliphatic hydroxyl groups excluding tert-OH is 1. The number of amides is 1. The summed E-state index contributed by atoms with van der Waals surface area (Å²) in [4.78, 5) is 14.0. The van der Waals surface area contributed by atoms with Gasteiger partial charge in [-0.2, -0.15) is 0 Å². The molecule has 1 aliphatic rings. The van der Waals surface area contributed by atoms with E-state index in [0.717, 1.165) is 0 Å². The van der Waals surface area contributed by atoms with Gasteiger partial charge in [0.1, 0.15) is 0 Å². The first-order chi connectivity index (χ1) is 7.47. The minimum Gasteiger partial charge on any atom is -0.394 e. The number of ether oxygens (including phenoxy) is 1. The van der Waals surface area contributed by atoms with Crippen molar-refractivity contribution in [1.82, 2.24) is 4.90 Å². The van der Waals surface area contributed by atoms with Crippen molar-refractivity contribution >= 4 is 5.91 Å². The Morgan fingerprint density at radius 1 is 1.50 bits per heavy atom. The summed E-state index contributed by atoms with van der Waals surface area (Å²) in [6.07, 6.45) is -0.223. The van der Waals surface area contributed by atoms with Gasteiger partial charge in [0.05, 0.1) is 25.4 Å². The number of nitrogens with zero attached hydrogens (tertiary/aromatic N) is 1. The van der Waals surface area contributed by atoms with Crippen molar-refractivity contribution in [2.24, 2.45) is 11.8 Å². The Bertz CT molecular complexity index is 242. The Balaban J connectivity index is 2.65. The zero-order valence-corrected chi connectivity index (χ0v) is 10.6. The van der Waals surface area contributed by atoms with E-state index < -0.39 is 0 Å². The van der Waals surface area contributed by atoms with E-state index in [1.807, 2.05) is 18.7 Å². The molecule has 3 atom stereocenters. The van der Waals surface area contributed by atoms with E-state index in [4.69, 9.17) is 9.84 Å². The summed E-state index contributed by atoms with van der Waals surface area (Å²) in [6.45, 7) is 9.05. The van der Waals surface area contributed by atoms with Gasteiger partial charge in [0.25, 0.3) is 0 Å². The fourth-order valence-electron chi connectivity index (χ4n) is 1.78. The van der Waals surface area contributed by atoms with Crippen LogP contribution in [0.4, 0.5) is 0 Å². The molecule has 1 fully saturated rings. The van der Waals surface area contributed by atoms with E-state index in [1.54, 1.807) is 0 Å². The van der Waals surface area contributed by atoms with Gasteiger partial charge in [-0.3, -0.25) is 4.79 Å². The first kappa shape index (κ1) is 13.5. The smallest absolute Gasteiger partial charge is 0.226 e. The summed E-state index contributed by atoms with van der Waals surface area (Å²) < 4.78 is 5.42. The number of aliphatic hydroxyl groups is 1. The number of carbonyl (C=O) groups excluding carboxylic acids is 1. The highest BCUT2D eigenvalue weighted by atomic mass is 16.5. The van der Waals surface area contributed by atoms with E-state index in [2.05, 4.69) is 13.8 Å². The lowest BCUT2D eigenvalue weighted by Crippen LogP contribution is -2.53. The molecular formula is C12H23NO3. The van der Waals surface area contributed by atoms with E-state index in [9.17, 15) is 4.79 Å². The molecule has 1 saturated heterocycles. The van der Waals surface area contributed by atoms with Gasteiger partial charge in [-0.25, -0.2) is 0 Å². The molecule has 0 aromatic heterocycles. The Hall–Kier alpha value is -0.610. The number of morpholine rings is 1. The van der Waals surface area contributed by atoms with Gasteiger partial charge in [0.15, 0.2) is 0 Å². The van der Waals surface area contributed by atoms with Crippen LogP contribution in [0.15, 0.2) is 0 Å². The average Bonchev–Trinajstić information content (AvgIpc) is 2.27. The number of hydrogen-bond acceptors (Lipinski definition) is 3. The fourth-order valence-corrected chi connectivity index (χ4v) is 1.78. The maximum atomic E-state index is 12.2. The molecule has 3 unspecified atom stereocenters. The maximum absolute atomic E-state index is 12.2. The number of carbonyl (C=O) groups is 1. The van der Waals surface area contributed by atoms with E-state index in [1.165, 1.54) is 0 Å². The fraction of sp³-hybridized carbons (Fsp3) is 0.917. The van der Waals surface area contributed by atoms with Gasteiger partial charge in [-0.1, -0.05) is 20.8 Å². The second-order valence-electron chi connectivity index (χ2n) is 5.01. The summed E-state index contributed by atoms with van der Waals surface area (Å²) in [5.74, 6) is 0.541. The van der Waals surface area contributed by atoms with Crippen LogP contribution in [0.1, 0.15) is 27.7 Å². The Morgan fingerprint density at radius 2 is 2.12 bits per heavy atom. The van der Waals surface area contributed by atoms with E-state index >= 15 is 0 Å². The molecule has 0 saturated carbocycles. The largest absolute Gasteiger partial charge is 0.394 e. The zero-order chi connectivity index (χ0) is 12.3. The minimum absolute atomic E-state index is 0.0213. The van der Waals surface area contributed by atoms with E-state index in [0.29, 0.717) is 19.1 Å². The van der Waals surface area contributed by atoms with Gasteiger partial charge >= 0.3 is 0 Å². The molecule has 0 aromatic rings. The van der Waals surface area contributed by atoms with Gasteiger partial charge in [-0.15, -0.1) is 0 Å². The van der Waals surface area contributed by atoms with Crippen LogP contribution in [0, 0.1) is 11.8 Å². The van der Waals surface area contributed by atoms with Gasteiger partial charge in [0, 0.05) is 12.5 Å². The van der Waals surface area contributed by atoms with Gasteiger partial charge in [-0.05, 0) is 12.8 Å². The predicted molar refractivity (Wildman–Crippen MR) is 62.0 cm³/mol. The highest BCUT2D eigenvalue weighted by Crippen LogP contribution is 2.19. The summed E-state index contributed by atoms with van der Waals surface area (Å²) in [7, 11) is 0. The van der Waals surface area contributed by atoms with Crippen LogP contribution < -0.4 is 0 Å². The molecule has 0 radical (unpaired) electrons. The lowest BCUT2D eigenvalue weighted by atomic mass is 9.95. The molecule has 0 aliphatic carbocycles. The van der Waals surface area contributed by atoms with Crippen molar-refractivity contribution in [3.8, 4) is 0 Å². The third-order valence-electron chi connectivity index (χ3n) is 3.38. The van der Waals surface area contributed by atoms with Crippen molar-refractivity contribution in [2.45, 2.75) is 39.8 Å². The SMILES string of the molecule is CC(C)C(C)C(=O)N1CC(CO)OCC1C. The Morgan fingerprint density at radius 3 is 2.62 bits per heavy atom. The summed E-state index contributed by atoms with van der Waals surface area (Å²) >= 11 is 0. The van der Waals surface area contributed by atoms with Crippen molar-refractivity contribution in [3.05, 3.63) is 0 Å². The standard InChI is InChI=1S/C12H23NO3/c1-8(2)10(4)12(15)13-5-11(6-14)16-7-9(13)3/h8-11,14H,5-7H2,1-4H3. The average molecular weight is 229 g/mol. The molecule has 1 heterocycles. The molecule has 1 aliphatic heterocycles. The molecule has 1 rings (SSSR count). The van der Waals surface area contributed by atoms with Crippen molar-refractivity contribution in [1.29, 1.82) is 0 Å². The minimum atomic E-state index is -0.223. The van der Waals surface area contributed by atoms with Gasteiger partial charge in [0.2, 0.25) is 5.91 Å². The molecule has 4 nitrogen and oxygen atoms in total. The molecule has 1 amide bonds. The summed E-state index contributed by atoms with van der Waals surface area (Å²) in [5, 5.41) is 9.06. The van der Waals surface area contributed by atoms with Crippen LogP contribution in [0.3, 0.4) is 0 Å². The normalized spacial score (nSPS) is 28.2. The molecule has 16 heavy (non-hydrogen) atoms. The first-order valence-corrected chi connectivity index (χ1v) is 6.00. The van der Waals surface area contributed by atoms with Crippen LogP contribution in [0.5, 0.6) is 0 Å². The van der Waals surface area contributed by atoms with Crippen molar-refractivity contribution in [3.63, 3.8) is 0 Å². The molecule has 1 N–H and O–H groups in total. The van der Waals surface area contributed by atoms with Crippen LogP contribution in [-0.4, -0.2) is 47.8 Å². The highest BCUT2D eigenvalue weighted by molar-refractivity contribution is 5.79. The monoisotopic (exact) mass is 229 g/mol. The van der Waals surface area contributed by atoms with Gasteiger partial charge < -0.3 is 14.7 Å². The quantitative estimate of drug-likeness (QED) is 0.782. The lowest BCUT2D eigenvalue weighted by molar-refractivity contribution is -0.151. The Labute approximate surface area is 97.6 Å². The summed E-state index contributed by atoms with van der Waals surface area (Å²) in [6, 6.07) is 0.108. The van der Waals surface area contributed by atoms with Crippen LogP contribution in [0.2, 0.25) is 0 Å². The second-order valence-corrected chi connectivity index (χ2v) is 5.01. The zero-order valence-electron chi connectivity index (χ0n) is 10.6. The van der Waals surface area contributed by atoms with Crippen LogP contribution in [-0.2, 0) is 9.53 Å². The molecule has 0 aromatic carbocycles. The lowest BCUT2D eigenvalue weighted by Gasteiger charge is -2.39. The van der Waals surface area contributed by atoms with E-state index in [-0.39, 0.29) is 30.6 Å². The topological polar surface area (TPSA) is 49.8 Å². The molecule has 4 heteroatoms. The Kier molecular flexibility index (Phi) is 4.74. The molecule has 0 bridgehead atoms.